The molecule has 1 heterocycles. The molecule has 0 amide bonds. The number of hydrogen-bond acceptors (Lipinski definition) is 5. The number of carbonyl (C=O) groups excluding carboxylic acids is 1. The molecule has 100 valence electrons. The summed E-state index contributed by atoms with van der Waals surface area (Å²) in [7, 11) is 0. The third-order valence-electron chi connectivity index (χ3n) is 2.71. The number of nitrogen functional groups attached to an aromatic ring is 1. The van der Waals surface area contributed by atoms with Crippen molar-refractivity contribution in [3.05, 3.63) is 47.2 Å². The minimum Gasteiger partial charge on any atom is -0.437 e. The molecule has 1 aromatic heterocycles. The molecule has 0 aliphatic carbocycles. The number of aromatic nitrogens is 1. The quantitative estimate of drug-likeness (QED) is 0.682. The molecule has 0 saturated carbocycles. The van der Waals surface area contributed by atoms with Gasteiger partial charge in [0.05, 0.1) is 5.56 Å². The number of anilines is 1. The van der Waals surface area contributed by atoms with Gasteiger partial charge in [0.25, 0.3) is 0 Å². The Morgan fingerprint density at radius 1 is 1.35 bits per heavy atom. The predicted octanol–water partition coefficient (Wildman–Crippen LogP) is 2.84. The molecule has 2 aromatic rings. The Kier molecular flexibility index (Phi) is 3.67. The second-order valence-corrected chi connectivity index (χ2v) is 4.33. The number of carbonyl (C=O) groups is 1. The van der Waals surface area contributed by atoms with Gasteiger partial charge in [-0.15, -0.1) is 0 Å². The molecule has 0 fully saturated rings. The molecule has 2 N–H and O–H groups in total. The van der Waals surface area contributed by atoms with Crippen LogP contribution in [0, 0.1) is 18.3 Å². The van der Waals surface area contributed by atoms with Crippen LogP contribution in [0.5, 0.6) is 11.6 Å². The van der Waals surface area contributed by atoms with Crippen molar-refractivity contribution < 1.29 is 9.53 Å². The highest BCUT2D eigenvalue weighted by Crippen LogP contribution is 2.28. The van der Waals surface area contributed by atoms with Crippen molar-refractivity contribution >= 4 is 11.5 Å². The lowest BCUT2D eigenvalue weighted by molar-refractivity contribution is 0.101. The molecule has 2 rings (SSSR count). The summed E-state index contributed by atoms with van der Waals surface area (Å²) < 4.78 is 5.62. The summed E-state index contributed by atoms with van der Waals surface area (Å²) in [4.78, 5) is 15.8. The fraction of sp³-hybridized carbons (Fsp3) is 0.133. The fourth-order valence-electron chi connectivity index (χ4n) is 1.71. The predicted molar refractivity (Wildman–Crippen MR) is 74.6 cm³/mol. The maximum Gasteiger partial charge on any atom is 0.237 e. The number of nitrogens with two attached hydrogens (primary N) is 1. The number of Topliss-reactive ketones (excluding diaryl/α,β-unsaturated/α-hetero) is 1. The van der Waals surface area contributed by atoms with Crippen LogP contribution in [0.1, 0.15) is 28.5 Å². The SMILES string of the molecule is CC(=O)c1cc(N)ccc1Oc1nc(C)ccc1C#N. The molecule has 5 heteroatoms. The molecular weight excluding hydrogens is 254 g/mol. The van der Waals surface area contributed by atoms with Crippen LogP contribution in [0.3, 0.4) is 0 Å². The van der Waals surface area contributed by atoms with Gasteiger partial charge in [0.1, 0.15) is 17.4 Å². The smallest absolute Gasteiger partial charge is 0.237 e. The van der Waals surface area contributed by atoms with Gasteiger partial charge in [0.15, 0.2) is 5.78 Å². The Morgan fingerprint density at radius 2 is 2.10 bits per heavy atom. The van der Waals surface area contributed by atoms with E-state index in [0.29, 0.717) is 22.6 Å². The van der Waals surface area contributed by atoms with Crippen molar-refractivity contribution in [2.24, 2.45) is 0 Å². The monoisotopic (exact) mass is 267 g/mol. The molecule has 0 aliphatic heterocycles. The molecule has 0 bridgehead atoms. The molecule has 0 aliphatic rings. The van der Waals surface area contributed by atoms with E-state index in [4.69, 9.17) is 15.7 Å². The summed E-state index contributed by atoms with van der Waals surface area (Å²) in [5, 5.41) is 9.05. The largest absolute Gasteiger partial charge is 0.437 e. The molecule has 0 saturated heterocycles. The van der Waals surface area contributed by atoms with Crippen molar-refractivity contribution in [1.82, 2.24) is 4.98 Å². The lowest BCUT2D eigenvalue weighted by Crippen LogP contribution is -2.01. The van der Waals surface area contributed by atoms with E-state index in [0.717, 1.165) is 5.69 Å². The summed E-state index contributed by atoms with van der Waals surface area (Å²) in [6, 6.07) is 10.1. The normalized spacial score (nSPS) is 9.85. The van der Waals surface area contributed by atoms with Gasteiger partial charge in [-0.2, -0.15) is 5.26 Å². The van der Waals surface area contributed by atoms with Crippen LogP contribution in [-0.4, -0.2) is 10.8 Å². The van der Waals surface area contributed by atoms with Crippen molar-refractivity contribution in [2.45, 2.75) is 13.8 Å². The first-order chi connectivity index (χ1) is 9.51. The van der Waals surface area contributed by atoms with Gasteiger partial charge < -0.3 is 10.5 Å². The number of pyridine rings is 1. The van der Waals surface area contributed by atoms with Crippen molar-refractivity contribution in [2.75, 3.05) is 5.73 Å². The highest BCUT2D eigenvalue weighted by atomic mass is 16.5. The Labute approximate surface area is 116 Å². The summed E-state index contributed by atoms with van der Waals surface area (Å²) in [6.45, 7) is 3.22. The summed E-state index contributed by atoms with van der Waals surface area (Å²) in [6.07, 6.45) is 0. The van der Waals surface area contributed by atoms with Crippen molar-refractivity contribution in [1.29, 1.82) is 5.26 Å². The van der Waals surface area contributed by atoms with E-state index >= 15 is 0 Å². The fourth-order valence-corrected chi connectivity index (χ4v) is 1.71. The number of ketones is 1. The van der Waals surface area contributed by atoms with Gasteiger partial charge in [-0.05, 0) is 44.2 Å². The Balaban J connectivity index is 2.48. The molecule has 0 radical (unpaired) electrons. The molecule has 0 spiro atoms. The van der Waals surface area contributed by atoms with Crippen LogP contribution >= 0.6 is 0 Å². The second kappa shape index (κ2) is 5.41. The minimum atomic E-state index is -0.168. The number of benzene rings is 1. The second-order valence-electron chi connectivity index (χ2n) is 4.33. The Hall–Kier alpha value is -2.87. The van der Waals surface area contributed by atoms with E-state index in [-0.39, 0.29) is 11.7 Å². The first kappa shape index (κ1) is 13.6. The van der Waals surface area contributed by atoms with Gasteiger partial charge >= 0.3 is 0 Å². The molecule has 0 atom stereocenters. The van der Waals surface area contributed by atoms with Crippen LogP contribution in [-0.2, 0) is 0 Å². The van der Waals surface area contributed by atoms with Gasteiger partial charge in [-0.1, -0.05) is 0 Å². The van der Waals surface area contributed by atoms with Gasteiger partial charge in [0, 0.05) is 11.4 Å². The molecule has 1 aromatic carbocycles. The highest BCUT2D eigenvalue weighted by Gasteiger charge is 2.13. The standard InChI is InChI=1S/C15H13N3O2/c1-9-3-4-11(8-16)15(18-9)20-14-6-5-12(17)7-13(14)10(2)19/h3-7H,17H2,1-2H3. The zero-order valence-corrected chi connectivity index (χ0v) is 11.2. The maximum absolute atomic E-state index is 11.6. The van der Waals surface area contributed by atoms with Crippen LogP contribution in [0.15, 0.2) is 30.3 Å². The average molecular weight is 267 g/mol. The van der Waals surface area contributed by atoms with Crippen LogP contribution in [0.25, 0.3) is 0 Å². The topological polar surface area (TPSA) is 89.0 Å². The minimum absolute atomic E-state index is 0.168. The van der Waals surface area contributed by atoms with Crippen molar-refractivity contribution in [3.8, 4) is 17.7 Å². The molecular formula is C15H13N3O2. The first-order valence-corrected chi connectivity index (χ1v) is 5.97. The molecule has 5 nitrogen and oxygen atoms in total. The van der Waals surface area contributed by atoms with E-state index in [2.05, 4.69) is 4.98 Å². The summed E-state index contributed by atoms with van der Waals surface area (Å²) in [5.74, 6) is 0.347. The van der Waals surface area contributed by atoms with Crippen LogP contribution in [0.4, 0.5) is 5.69 Å². The van der Waals surface area contributed by atoms with Crippen LogP contribution in [0.2, 0.25) is 0 Å². The maximum atomic E-state index is 11.6. The van der Waals surface area contributed by atoms with E-state index in [1.807, 2.05) is 6.07 Å². The summed E-state index contributed by atoms with van der Waals surface area (Å²) >= 11 is 0. The number of nitrogens with zero attached hydrogens (tertiary/aromatic N) is 2. The van der Waals surface area contributed by atoms with E-state index in [1.54, 1.807) is 37.3 Å². The van der Waals surface area contributed by atoms with E-state index in [9.17, 15) is 4.79 Å². The first-order valence-electron chi connectivity index (χ1n) is 5.97. The van der Waals surface area contributed by atoms with Gasteiger partial charge in [0.2, 0.25) is 5.88 Å². The van der Waals surface area contributed by atoms with E-state index < -0.39 is 0 Å². The lowest BCUT2D eigenvalue weighted by atomic mass is 10.1. The van der Waals surface area contributed by atoms with Gasteiger partial charge in [-0.3, -0.25) is 4.79 Å². The van der Waals surface area contributed by atoms with Gasteiger partial charge in [-0.25, -0.2) is 4.98 Å². The number of hydrogen-bond donors (Lipinski definition) is 1. The molecule has 20 heavy (non-hydrogen) atoms. The zero-order valence-electron chi connectivity index (χ0n) is 11.2. The van der Waals surface area contributed by atoms with Crippen molar-refractivity contribution in [3.63, 3.8) is 0 Å². The Bertz CT molecular complexity index is 718. The van der Waals surface area contributed by atoms with Crippen LogP contribution < -0.4 is 10.5 Å². The molecule has 0 unspecified atom stereocenters. The zero-order chi connectivity index (χ0) is 14.7. The third kappa shape index (κ3) is 2.75. The number of nitriles is 1. The number of rotatable bonds is 3. The number of aryl methyl sites for hydroxylation is 1. The Morgan fingerprint density at radius 3 is 2.75 bits per heavy atom. The highest BCUT2D eigenvalue weighted by molar-refractivity contribution is 5.97. The summed E-state index contributed by atoms with van der Waals surface area (Å²) in [5.41, 5.74) is 7.52. The average Bonchev–Trinajstić information content (AvgIpc) is 2.41. The lowest BCUT2D eigenvalue weighted by Gasteiger charge is -2.10. The number of ether oxygens (including phenoxy) is 1. The third-order valence-corrected chi connectivity index (χ3v) is 2.71. The van der Waals surface area contributed by atoms with E-state index in [1.165, 1.54) is 6.92 Å².